The van der Waals surface area contributed by atoms with Gasteiger partial charge in [0.1, 0.15) is 11.1 Å². The second-order valence-electron chi connectivity index (χ2n) is 5.21. The molecule has 0 N–H and O–H groups in total. The van der Waals surface area contributed by atoms with Crippen molar-refractivity contribution in [2.24, 2.45) is 0 Å². The standard InChI is InChI=1S/C15H17ClN4O2S/c1-22-6-5-20-14(21)10-23-15(20)13-9-19(18-17-13)8-11-3-2-4-12(16)7-11/h2-4,7,9,15H,5-6,8,10H2,1H3/t15-/m1/s1. The second kappa shape index (κ2) is 7.33. The number of methoxy groups -OCH3 is 1. The van der Waals surface area contributed by atoms with Crippen LogP contribution in [0.25, 0.3) is 0 Å². The summed E-state index contributed by atoms with van der Waals surface area (Å²) in [6.45, 7) is 1.67. The van der Waals surface area contributed by atoms with E-state index < -0.39 is 0 Å². The smallest absolute Gasteiger partial charge is 0.233 e. The first-order chi connectivity index (χ1) is 11.2. The van der Waals surface area contributed by atoms with Crippen LogP contribution in [-0.4, -0.2) is 51.8 Å². The molecule has 8 heteroatoms. The Bertz CT molecular complexity index is 694. The molecule has 1 saturated heterocycles. The number of ether oxygens (including phenoxy) is 1. The fourth-order valence-electron chi connectivity index (χ4n) is 2.46. The molecule has 1 fully saturated rings. The summed E-state index contributed by atoms with van der Waals surface area (Å²) in [6.07, 6.45) is 1.89. The fraction of sp³-hybridized carbons (Fsp3) is 0.400. The molecule has 0 saturated carbocycles. The van der Waals surface area contributed by atoms with Crippen LogP contribution >= 0.6 is 23.4 Å². The first-order valence-electron chi connectivity index (χ1n) is 7.22. The van der Waals surface area contributed by atoms with Gasteiger partial charge in [0.25, 0.3) is 0 Å². The Labute approximate surface area is 143 Å². The van der Waals surface area contributed by atoms with Gasteiger partial charge in [-0.25, -0.2) is 4.68 Å². The first kappa shape index (κ1) is 16.3. The van der Waals surface area contributed by atoms with E-state index in [1.807, 2.05) is 30.5 Å². The van der Waals surface area contributed by atoms with Crippen molar-refractivity contribution in [2.75, 3.05) is 26.0 Å². The van der Waals surface area contributed by atoms with Crippen molar-refractivity contribution in [1.82, 2.24) is 19.9 Å². The summed E-state index contributed by atoms with van der Waals surface area (Å²) in [5.74, 6) is 0.580. The molecular formula is C15H17ClN4O2S. The summed E-state index contributed by atoms with van der Waals surface area (Å²) in [6, 6.07) is 7.65. The van der Waals surface area contributed by atoms with Crippen LogP contribution in [0.4, 0.5) is 0 Å². The molecule has 0 unspecified atom stereocenters. The average molecular weight is 353 g/mol. The molecule has 2 heterocycles. The molecule has 1 aliphatic rings. The normalized spacial score (nSPS) is 17.9. The third-order valence-corrected chi connectivity index (χ3v) is 5.01. The molecule has 1 amide bonds. The van der Waals surface area contributed by atoms with E-state index in [1.165, 1.54) is 0 Å². The lowest BCUT2D eigenvalue weighted by molar-refractivity contribution is -0.128. The Kier molecular flexibility index (Phi) is 5.20. The summed E-state index contributed by atoms with van der Waals surface area (Å²) >= 11 is 7.57. The lowest BCUT2D eigenvalue weighted by Gasteiger charge is -2.21. The summed E-state index contributed by atoms with van der Waals surface area (Å²) in [4.78, 5) is 13.8. The Hall–Kier alpha value is -1.57. The van der Waals surface area contributed by atoms with Gasteiger partial charge in [-0.2, -0.15) is 0 Å². The Morgan fingerprint density at radius 1 is 1.48 bits per heavy atom. The van der Waals surface area contributed by atoms with E-state index in [2.05, 4.69) is 10.3 Å². The van der Waals surface area contributed by atoms with Crippen molar-refractivity contribution < 1.29 is 9.53 Å². The SMILES string of the molecule is COCCN1C(=O)CS[C@@H]1c1cn(Cc2cccc(Cl)c2)nn1. The number of thioether (sulfide) groups is 1. The molecule has 6 nitrogen and oxygen atoms in total. The van der Waals surface area contributed by atoms with Crippen LogP contribution < -0.4 is 0 Å². The van der Waals surface area contributed by atoms with E-state index in [0.717, 1.165) is 11.3 Å². The van der Waals surface area contributed by atoms with Crippen LogP contribution in [0.5, 0.6) is 0 Å². The third-order valence-electron chi connectivity index (χ3n) is 3.55. The molecule has 122 valence electrons. The molecule has 1 atom stereocenters. The van der Waals surface area contributed by atoms with Gasteiger partial charge in [0, 0.05) is 18.7 Å². The molecule has 1 aliphatic heterocycles. The summed E-state index contributed by atoms with van der Waals surface area (Å²) < 4.78 is 6.84. The van der Waals surface area contributed by atoms with Crippen molar-refractivity contribution in [2.45, 2.75) is 11.9 Å². The largest absolute Gasteiger partial charge is 0.383 e. The van der Waals surface area contributed by atoms with Crippen molar-refractivity contribution in [3.63, 3.8) is 0 Å². The zero-order chi connectivity index (χ0) is 16.2. The number of aromatic nitrogens is 3. The highest BCUT2D eigenvalue weighted by Gasteiger charge is 2.34. The van der Waals surface area contributed by atoms with Gasteiger partial charge in [-0.15, -0.1) is 16.9 Å². The minimum Gasteiger partial charge on any atom is -0.383 e. The fourth-order valence-corrected chi connectivity index (χ4v) is 3.82. The Morgan fingerprint density at radius 3 is 3.13 bits per heavy atom. The predicted molar refractivity (Wildman–Crippen MR) is 89.4 cm³/mol. The van der Waals surface area contributed by atoms with Crippen LogP contribution in [0.15, 0.2) is 30.5 Å². The highest BCUT2D eigenvalue weighted by Crippen LogP contribution is 2.37. The van der Waals surface area contributed by atoms with Crippen LogP contribution in [0.1, 0.15) is 16.6 Å². The molecule has 3 rings (SSSR count). The average Bonchev–Trinajstić information content (AvgIpc) is 3.12. The maximum Gasteiger partial charge on any atom is 0.233 e. The molecular weight excluding hydrogens is 336 g/mol. The quantitative estimate of drug-likeness (QED) is 0.797. The van der Waals surface area contributed by atoms with Crippen LogP contribution in [-0.2, 0) is 16.1 Å². The summed E-state index contributed by atoms with van der Waals surface area (Å²) in [5.41, 5.74) is 1.85. The first-order valence-corrected chi connectivity index (χ1v) is 8.64. The van der Waals surface area contributed by atoms with E-state index in [4.69, 9.17) is 16.3 Å². The molecule has 1 aromatic heterocycles. The molecule has 0 spiro atoms. The van der Waals surface area contributed by atoms with Gasteiger partial charge in [0.15, 0.2) is 0 Å². The summed E-state index contributed by atoms with van der Waals surface area (Å²) in [7, 11) is 1.63. The van der Waals surface area contributed by atoms with Crippen LogP contribution in [0.3, 0.4) is 0 Å². The van der Waals surface area contributed by atoms with Gasteiger partial charge in [0.2, 0.25) is 5.91 Å². The van der Waals surface area contributed by atoms with Gasteiger partial charge in [0.05, 0.1) is 25.1 Å². The zero-order valence-electron chi connectivity index (χ0n) is 12.7. The zero-order valence-corrected chi connectivity index (χ0v) is 14.3. The van der Waals surface area contributed by atoms with Gasteiger partial charge in [-0.1, -0.05) is 28.9 Å². The number of hydrogen-bond donors (Lipinski definition) is 0. The number of rotatable bonds is 6. The van der Waals surface area contributed by atoms with Gasteiger partial charge < -0.3 is 9.64 Å². The maximum atomic E-state index is 12.0. The van der Waals surface area contributed by atoms with Crippen LogP contribution in [0.2, 0.25) is 5.02 Å². The number of amides is 1. The van der Waals surface area contributed by atoms with E-state index in [0.29, 0.717) is 30.5 Å². The van der Waals surface area contributed by atoms with Crippen molar-refractivity contribution in [3.05, 3.63) is 46.7 Å². The maximum absolute atomic E-state index is 12.0. The topological polar surface area (TPSA) is 60.2 Å². The third kappa shape index (κ3) is 3.85. The van der Waals surface area contributed by atoms with Gasteiger partial charge >= 0.3 is 0 Å². The Morgan fingerprint density at radius 2 is 2.35 bits per heavy atom. The van der Waals surface area contributed by atoms with Crippen molar-refractivity contribution in [1.29, 1.82) is 0 Å². The van der Waals surface area contributed by atoms with Gasteiger partial charge in [-0.3, -0.25) is 4.79 Å². The highest BCUT2D eigenvalue weighted by molar-refractivity contribution is 8.00. The second-order valence-corrected chi connectivity index (χ2v) is 6.72. The predicted octanol–water partition coefficient (Wildman–Crippen LogP) is 2.20. The summed E-state index contributed by atoms with van der Waals surface area (Å²) in [5, 5.41) is 9.01. The molecule has 1 aromatic carbocycles. The van der Waals surface area contributed by atoms with Crippen LogP contribution in [0, 0.1) is 0 Å². The highest BCUT2D eigenvalue weighted by atomic mass is 35.5. The number of halogens is 1. The molecule has 0 radical (unpaired) electrons. The van der Waals surface area contributed by atoms with E-state index >= 15 is 0 Å². The van der Waals surface area contributed by atoms with E-state index in [-0.39, 0.29) is 11.3 Å². The number of benzene rings is 1. The monoisotopic (exact) mass is 352 g/mol. The van der Waals surface area contributed by atoms with Gasteiger partial charge in [-0.05, 0) is 17.7 Å². The van der Waals surface area contributed by atoms with E-state index in [1.54, 1.807) is 28.5 Å². The minimum atomic E-state index is -0.0919. The molecule has 0 aliphatic carbocycles. The Balaban J connectivity index is 1.72. The number of carbonyl (C=O) groups excluding carboxylic acids is 1. The van der Waals surface area contributed by atoms with Crippen molar-refractivity contribution >= 4 is 29.3 Å². The van der Waals surface area contributed by atoms with E-state index in [9.17, 15) is 4.79 Å². The number of carbonyl (C=O) groups is 1. The van der Waals surface area contributed by atoms with Crippen molar-refractivity contribution in [3.8, 4) is 0 Å². The lowest BCUT2D eigenvalue weighted by Crippen LogP contribution is -2.31. The lowest BCUT2D eigenvalue weighted by atomic mass is 10.2. The number of nitrogens with zero attached hydrogens (tertiary/aromatic N) is 4. The molecule has 23 heavy (non-hydrogen) atoms. The number of hydrogen-bond acceptors (Lipinski definition) is 5. The molecule has 2 aromatic rings. The molecule has 0 bridgehead atoms. The minimum absolute atomic E-state index is 0.0919.